The summed E-state index contributed by atoms with van der Waals surface area (Å²) in [7, 11) is 0. The van der Waals surface area contributed by atoms with Gasteiger partial charge in [-0.15, -0.1) is 6.42 Å². The van der Waals surface area contributed by atoms with Crippen LogP contribution >= 0.6 is 0 Å². The van der Waals surface area contributed by atoms with Crippen molar-refractivity contribution >= 4 is 103 Å². The Kier molecular flexibility index (Phi) is 41.5. The van der Waals surface area contributed by atoms with Crippen molar-refractivity contribution in [2.45, 2.75) is 0 Å². The van der Waals surface area contributed by atoms with Gasteiger partial charge >= 0.3 is 103 Å². The molecule has 1 N–H and O–H groups in total. The fraction of sp³-hybridized carbons (Fsp3) is 0.333. The van der Waals surface area contributed by atoms with Gasteiger partial charge in [-0.2, -0.15) is 0 Å². The third-order valence-electron chi connectivity index (χ3n) is 0.0913. The zero-order valence-electron chi connectivity index (χ0n) is 2.23. The van der Waals surface area contributed by atoms with Gasteiger partial charge in [-0.25, -0.2) is 0 Å². The molecule has 0 bridgehead atoms. The van der Waals surface area contributed by atoms with Gasteiger partial charge in [0, 0.05) is 0 Å². The first-order valence-corrected chi connectivity index (χ1v) is 0.958. The molecule has 1 nitrogen and oxygen atoms in total. The van der Waals surface area contributed by atoms with Gasteiger partial charge in [0.25, 0.3) is 0 Å². The molecule has 0 saturated heterocycles. The standard InChI is InChI=1S/C3H4O.2K.2H/c1-2-3-4;;;;/h1,4H,3H2;;;;. The van der Waals surface area contributed by atoms with Crippen molar-refractivity contribution in [2.24, 2.45) is 0 Å². The van der Waals surface area contributed by atoms with Crippen molar-refractivity contribution < 1.29 is 5.11 Å². The molecular weight excluding hydrogens is 130 g/mol. The molecule has 0 fully saturated rings. The number of aliphatic hydroxyl groups excluding tert-OH is 1. The van der Waals surface area contributed by atoms with E-state index in [1.165, 1.54) is 0 Å². The van der Waals surface area contributed by atoms with E-state index in [0.717, 1.165) is 0 Å². The van der Waals surface area contributed by atoms with Crippen LogP contribution in [0.4, 0.5) is 0 Å². The molecule has 0 aliphatic rings. The molecule has 0 saturated carbocycles. The van der Waals surface area contributed by atoms with Crippen molar-refractivity contribution in [1.29, 1.82) is 0 Å². The SMILES string of the molecule is C#CCO.[KH].[KH]. The number of terminal acetylenes is 1. The third-order valence-corrected chi connectivity index (χ3v) is 0.0913. The predicted octanol–water partition coefficient (Wildman–Crippen LogP) is -1.69. The Morgan fingerprint density at radius 1 is 1.50 bits per heavy atom. The Morgan fingerprint density at radius 2 is 1.67 bits per heavy atom. The van der Waals surface area contributed by atoms with Gasteiger partial charge in [0.2, 0.25) is 0 Å². The molecule has 0 rings (SSSR count). The van der Waals surface area contributed by atoms with E-state index in [1.54, 1.807) is 0 Å². The van der Waals surface area contributed by atoms with Gasteiger partial charge in [-0.1, -0.05) is 5.92 Å². The monoisotopic (exact) mass is 136 g/mol. The van der Waals surface area contributed by atoms with Crippen molar-refractivity contribution in [2.75, 3.05) is 6.61 Å². The second-order valence-corrected chi connectivity index (χ2v) is 0.362. The average molecular weight is 136 g/mol. The molecule has 0 unspecified atom stereocenters. The first kappa shape index (κ1) is 15.9. The van der Waals surface area contributed by atoms with E-state index in [2.05, 4.69) is 6.42 Å². The normalized spacial score (nSPS) is 3.33. The van der Waals surface area contributed by atoms with Crippen LogP contribution in [-0.2, 0) is 0 Å². The Hall–Kier alpha value is 2.79. The van der Waals surface area contributed by atoms with E-state index >= 15 is 0 Å². The van der Waals surface area contributed by atoms with E-state index in [1.807, 2.05) is 5.92 Å². The van der Waals surface area contributed by atoms with Crippen LogP contribution in [0, 0.1) is 12.3 Å². The molecule has 0 aromatic rings. The first-order valence-electron chi connectivity index (χ1n) is 0.958. The summed E-state index contributed by atoms with van der Waals surface area (Å²) >= 11 is 0. The van der Waals surface area contributed by atoms with Crippen LogP contribution in [0.15, 0.2) is 0 Å². The molecule has 0 atom stereocenters. The van der Waals surface area contributed by atoms with E-state index in [9.17, 15) is 0 Å². The second-order valence-electron chi connectivity index (χ2n) is 0.362. The number of rotatable bonds is 0. The zero-order valence-corrected chi connectivity index (χ0v) is 2.23. The topological polar surface area (TPSA) is 20.2 Å². The van der Waals surface area contributed by atoms with Gasteiger partial charge in [0.05, 0.1) is 0 Å². The molecule has 26 valence electrons. The molecule has 0 aliphatic heterocycles. The van der Waals surface area contributed by atoms with Crippen molar-refractivity contribution in [3.8, 4) is 12.3 Å². The second kappa shape index (κ2) is 15.7. The molecule has 0 amide bonds. The summed E-state index contributed by atoms with van der Waals surface area (Å²) in [5.41, 5.74) is 0. The molecule has 0 aromatic heterocycles. The number of hydrogen-bond donors (Lipinski definition) is 1. The summed E-state index contributed by atoms with van der Waals surface area (Å²) in [6, 6.07) is 0. The fourth-order valence-electron chi connectivity index (χ4n) is 0. The Morgan fingerprint density at radius 3 is 1.67 bits per heavy atom. The molecular formula is C3H6K2O. The minimum absolute atomic E-state index is 0. The van der Waals surface area contributed by atoms with Gasteiger partial charge in [0.15, 0.2) is 0 Å². The van der Waals surface area contributed by atoms with E-state index in [0.29, 0.717) is 0 Å². The summed E-state index contributed by atoms with van der Waals surface area (Å²) in [4.78, 5) is 0. The summed E-state index contributed by atoms with van der Waals surface area (Å²) < 4.78 is 0. The van der Waals surface area contributed by atoms with Crippen LogP contribution < -0.4 is 0 Å². The van der Waals surface area contributed by atoms with E-state index < -0.39 is 0 Å². The van der Waals surface area contributed by atoms with Crippen LogP contribution in [0.5, 0.6) is 0 Å². The van der Waals surface area contributed by atoms with Crippen molar-refractivity contribution in [1.82, 2.24) is 0 Å². The number of aliphatic hydroxyl groups is 1. The molecule has 6 heavy (non-hydrogen) atoms. The average Bonchev–Trinajstić information content (AvgIpc) is 1.37. The van der Waals surface area contributed by atoms with E-state index in [4.69, 9.17) is 5.11 Å². The maximum atomic E-state index is 7.64. The molecule has 0 radical (unpaired) electrons. The zero-order chi connectivity index (χ0) is 3.41. The summed E-state index contributed by atoms with van der Waals surface area (Å²) in [6.45, 7) is -0.153. The molecule has 0 spiro atoms. The number of hydrogen-bond acceptors (Lipinski definition) is 1. The van der Waals surface area contributed by atoms with Gasteiger partial charge in [0.1, 0.15) is 6.61 Å². The molecule has 0 aliphatic carbocycles. The summed E-state index contributed by atoms with van der Waals surface area (Å²) in [5, 5.41) is 7.64. The van der Waals surface area contributed by atoms with Crippen LogP contribution in [-0.4, -0.2) is 114 Å². The third kappa shape index (κ3) is 15.8. The van der Waals surface area contributed by atoms with Crippen LogP contribution in [0.2, 0.25) is 0 Å². The van der Waals surface area contributed by atoms with Crippen molar-refractivity contribution in [3.05, 3.63) is 0 Å². The van der Waals surface area contributed by atoms with Crippen LogP contribution in [0.1, 0.15) is 0 Å². The van der Waals surface area contributed by atoms with Gasteiger partial charge in [-0.05, 0) is 0 Å². The molecule has 3 heteroatoms. The van der Waals surface area contributed by atoms with E-state index in [-0.39, 0.29) is 109 Å². The van der Waals surface area contributed by atoms with Crippen LogP contribution in [0.3, 0.4) is 0 Å². The Bertz CT molecular complexity index is 38.5. The Balaban J connectivity index is -0.0000000450. The predicted molar refractivity (Wildman–Crippen MR) is 30.2 cm³/mol. The quantitative estimate of drug-likeness (QED) is 0.311. The summed E-state index contributed by atoms with van der Waals surface area (Å²) in [5.74, 6) is 1.99. The molecule has 0 aromatic carbocycles. The first-order chi connectivity index (χ1) is 1.91. The fourth-order valence-corrected chi connectivity index (χ4v) is 0. The minimum atomic E-state index is -0.153. The Labute approximate surface area is 123 Å². The summed E-state index contributed by atoms with van der Waals surface area (Å²) in [6.07, 6.45) is 4.53. The van der Waals surface area contributed by atoms with Gasteiger partial charge in [-0.3, -0.25) is 0 Å². The molecule has 0 heterocycles. The van der Waals surface area contributed by atoms with Crippen LogP contribution in [0.25, 0.3) is 0 Å². The van der Waals surface area contributed by atoms with Gasteiger partial charge < -0.3 is 5.11 Å². The van der Waals surface area contributed by atoms with Crippen molar-refractivity contribution in [3.63, 3.8) is 0 Å². The maximum absolute atomic E-state index is 7.64.